The minimum Gasteiger partial charge on any atom is -0.305 e. The maximum Gasteiger partial charge on any atom is 0.0756 e. The number of nitrogens with zero attached hydrogens (tertiary/aromatic N) is 2. The molecule has 34 heavy (non-hydrogen) atoms. The maximum absolute atomic E-state index is 13.2. The number of rotatable bonds is 3. The average Bonchev–Trinajstić information content (AvgIpc) is 2.88. The van der Waals surface area contributed by atoms with E-state index in [-0.39, 0.29) is 31.4 Å². The third-order valence-corrected chi connectivity index (χ3v) is 4.71. The van der Waals surface area contributed by atoms with Gasteiger partial charge in [0.05, 0.1) is 11.6 Å². The van der Waals surface area contributed by atoms with Crippen LogP contribution in [0.2, 0.25) is 0 Å². The molecule has 3 aromatic carbocycles. The van der Waals surface area contributed by atoms with Gasteiger partial charge in [-0.3, -0.25) is 8.78 Å². The van der Waals surface area contributed by atoms with Crippen LogP contribution < -0.4 is 0 Å². The van der Waals surface area contributed by atoms with Crippen molar-refractivity contribution in [3.63, 3.8) is 0 Å². The van der Waals surface area contributed by atoms with Gasteiger partial charge < -0.3 is 9.97 Å². The first-order valence-corrected chi connectivity index (χ1v) is 10.1. The summed E-state index contributed by atoms with van der Waals surface area (Å²) in [6.45, 7) is 0. The quantitative estimate of drug-likeness (QED) is 0.156. The van der Waals surface area contributed by atoms with E-state index < -0.39 is 17.5 Å². The van der Waals surface area contributed by atoms with Gasteiger partial charge in [0.25, 0.3) is 0 Å². The Labute approximate surface area is 209 Å². The fraction of sp³-hybridized carbons (Fsp3) is 0. The van der Waals surface area contributed by atoms with E-state index >= 15 is 0 Å². The van der Waals surface area contributed by atoms with Crippen molar-refractivity contribution in [2.45, 2.75) is 0 Å². The Kier molecular flexibility index (Phi) is 8.86. The Hall–Kier alpha value is -3.60. The molecule has 1 radical (unpaired) electrons. The van der Waals surface area contributed by atoms with Crippen LogP contribution in [0.4, 0.5) is 13.2 Å². The molecule has 0 N–H and O–H groups in total. The van der Waals surface area contributed by atoms with Crippen molar-refractivity contribution in [1.29, 1.82) is 0 Å². The third-order valence-electron chi connectivity index (χ3n) is 4.71. The number of hydrogen-bond donors (Lipinski definition) is 0. The van der Waals surface area contributed by atoms with Crippen molar-refractivity contribution in [1.82, 2.24) is 9.97 Å². The molecule has 2 aromatic heterocycles. The summed E-state index contributed by atoms with van der Waals surface area (Å²) in [5, 5.41) is 0. The summed E-state index contributed by atoms with van der Waals surface area (Å²) in [5.41, 5.74) is 4.35. The molecule has 2 nitrogen and oxygen atoms in total. The topological polar surface area (TPSA) is 25.8 Å². The average molecular weight is 631 g/mol. The van der Waals surface area contributed by atoms with Gasteiger partial charge in [-0.2, -0.15) is 0 Å². The SMILES string of the molecule is Fc1[c-]c(-c2ccccn2)c(F)cc1F.[Ir].[c-]1ccccc1-c1ccc(-c2ccccc2)cn1. The van der Waals surface area contributed by atoms with Gasteiger partial charge >= 0.3 is 0 Å². The van der Waals surface area contributed by atoms with E-state index in [9.17, 15) is 13.2 Å². The van der Waals surface area contributed by atoms with Crippen molar-refractivity contribution in [3.05, 3.63) is 133 Å². The van der Waals surface area contributed by atoms with Crippen LogP contribution >= 0.6 is 0 Å². The zero-order valence-electron chi connectivity index (χ0n) is 17.7. The first-order valence-electron chi connectivity index (χ1n) is 10.1. The summed E-state index contributed by atoms with van der Waals surface area (Å²) >= 11 is 0. The maximum atomic E-state index is 13.2. The summed E-state index contributed by atoms with van der Waals surface area (Å²) in [4.78, 5) is 8.31. The summed E-state index contributed by atoms with van der Waals surface area (Å²) in [6, 6.07) is 32.7. The molecule has 0 saturated carbocycles. The second kappa shape index (κ2) is 12.0. The number of hydrogen-bond acceptors (Lipinski definition) is 2. The molecule has 5 rings (SSSR count). The van der Waals surface area contributed by atoms with Gasteiger partial charge in [-0.15, -0.1) is 35.9 Å². The fourth-order valence-corrected chi connectivity index (χ4v) is 3.08. The van der Waals surface area contributed by atoms with Crippen LogP contribution in [0.3, 0.4) is 0 Å². The molecule has 6 heteroatoms. The van der Waals surface area contributed by atoms with Crippen LogP contribution in [-0.4, -0.2) is 9.97 Å². The Balaban J connectivity index is 0.000000188. The second-order valence-electron chi connectivity index (χ2n) is 6.94. The minimum atomic E-state index is -1.26. The molecular formula is C28H17F3IrN2-2. The van der Waals surface area contributed by atoms with Gasteiger partial charge in [0.15, 0.2) is 0 Å². The van der Waals surface area contributed by atoms with Gasteiger partial charge in [0.2, 0.25) is 0 Å². The van der Waals surface area contributed by atoms with Gasteiger partial charge in [0.1, 0.15) is 0 Å². The molecule has 0 saturated heterocycles. The summed E-state index contributed by atoms with van der Waals surface area (Å²) in [5.74, 6) is -3.35. The monoisotopic (exact) mass is 631 g/mol. The zero-order chi connectivity index (χ0) is 23.0. The molecule has 0 spiro atoms. The Morgan fingerprint density at radius 2 is 1.41 bits per heavy atom. The Morgan fingerprint density at radius 3 is 2.06 bits per heavy atom. The van der Waals surface area contributed by atoms with Crippen LogP contribution in [-0.2, 0) is 20.1 Å². The zero-order valence-corrected chi connectivity index (χ0v) is 20.1. The van der Waals surface area contributed by atoms with Gasteiger partial charge in [-0.1, -0.05) is 72.3 Å². The summed E-state index contributed by atoms with van der Waals surface area (Å²) in [6.07, 6.45) is 3.34. The summed E-state index contributed by atoms with van der Waals surface area (Å²) < 4.78 is 38.7. The first-order chi connectivity index (χ1) is 16.1. The molecule has 0 aliphatic heterocycles. The van der Waals surface area contributed by atoms with Crippen LogP contribution in [0.25, 0.3) is 33.6 Å². The molecule has 0 amide bonds. The minimum absolute atomic E-state index is 0. The number of pyridine rings is 2. The molecule has 0 aliphatic carbocycles. The number of aromatic nitrogens is 2. The van der Waals surface area contributed by atoms with E-state index in [1.807, 2.05) is 60.8 Å². The van der Waals surface area contributed by atoms with Crippen LogP contribution in [0.1, 0.15) is 0 Å². The van der Waals surface area contributed by atoms with E-state index in [0.717, 1.165) is 16.8 Å². The normalized spacial score (nSPS) is 9.97. The van der Waals surface area contributed by atoms with Crippen molar-refractivity contribution in [3.8, 4) is 33.6 Å². The molecule has 0 unspecified atom stereocenters. The van der Waals surface area contributed by atoms with Crippen LogP contribution in [0.5, 0.6) is 0 Å². The van der Waals surface area contributed by atoms with E-state index in [0.29, 0.717) is 6.07 Å². The molecule has 0 bridgehead atoms. The standard InChI is InChI=1S/C17H12N.C11H5F3N.Ir/c1-3-7-14(8-4-1)16-11-12-17(18-13-16)15-9-5-2-6-10-15;12-8-6-10(14)9(13)5-7(8)11-3-1-2-4-15-11;/h1-9,11-13H;1-4,6H;/q2*-1;. The van der Waals surface area contributed by atoms with Gasteiger partial charge in [0, 0.05) is 38.3 Å². The smallest absolute Gasteiger partial charge is 0.0756 e. The van der Waals surface area contributed by atoms with Crippen molar-refractivity contribution in [2.24, 2.45) is 0 Å². The summed E-state index contributed by atoms with van der Waals surface area (Å²) in [7, 11) is 0. The molecular weight excluding hydrogens is 614 g/mol. The van der Waals surface area contributed by atoms with Crippen molar-refractivity contribution in [2.75, 3.05) is 0 Å². The molecule has 0 fully saturated rings. The van der Waals surface area contributed by atoms with Crippen molar-refractivity contribution < 1.29 is 33.3 Å². The molecule has 2 heterocycles. The van der Waals surface area contributed by atoms with Gasteiger partial charge in [-0.05, 0) is 28.6 Å². The van der Waals surface area contributed by atoms with E-state index in [4.69, 9.17) is 0 Å². The van der Waals surface area contributed by atoms with E-state index in [1.165, 1.54) is 17.8 Å². The number of benzene rings is 3. The Morgan fingerprint density at radius 1 is 0.647 bits per heavy atom. The predicted octanol–water partition coefficient (Wildman–Crippen LogP) is 7.18. The molecule has 5 aromatic rings. The number of halogens is 3. The van der Waals surface area contributed by atoms with Gasteiger partial charge in [-0.25, -0.2) is 4.39 Å². The molecule has 171 valence electrons. The predicted molar refractivity (Wildman–Crippen MR) is 122 cm³/mol. The third kappa shape index (κ3) is 6.25. The first kappa shape index (κ1) is 25.0. The van der Waals surface area contributed by atoms with E-state index in [2.05, 4.69) is 34.2 Å². The molecule has 0 aliphatic rings. The largest absolute Gasteiger partial charge is 0.305 e. The van der Waals surface area contributed by atoms with E-state index in [1.54, 1.807) is 12.1 Å². The second-order valence-corrected chi connectivity index (χ2v) is 6.94. The van der Waals surface area contributed by atoms with Crippen LogP contribution in [0, 0.1) is 29.6 Å². The molecule has 0 atom stereocenters. The Bertz CT molecular complexity index is 1260. The fourth-order valence-electron chi connectivity index (χ4n) is 3.08. The van der Waals surface area contributed by atoms with Crippen LogP contribution in [0.15, 0.2) is 103 Å². The van der Waals surface area contributed by atoms with Crippen molar-refractivity contribution >= 4 is 0 Å².